The minimum Gasteiger partial charge on any atom is -0.477 e. The van der Waals surface area contributed by atoms with E-state index in [4.69, 9.17) is 10.6 Å². The SMILES string of the molecule is C=CCCOc1nc(C2CC2)nc(NN)c1C. The Hall–Kier alpha value is -1.62. The second kappa shape index (κ2) is 5.14. The molecule has 1 aliphatic rings. The number of nitrogens with one attached hydrogen (secondary N) is 1. The first-order chi connectivity index (χ1) is 8.26. The first kappa shape index (κ1) is 11.9. The van der Waals surface area contributed by atoms with Crippen molar-refractivity contribution in [3.05, 3.63) is 24.0 Å². The first-order valence-corrected chi connectivity index (χ1v) is 5.85. The van der Waals surface area contributed by atoms with Gasteiger partial charge in [-0.05, 0) is 26.2 Å². The molecule has 0 aliphatic heterocycles. The monoisotopic (exact) mass is 234 g/mol. The highest BCUT2D eigenvalue weighted by Gasteiger charge is 2.28. The summed E-state index contributed by atoms with van der Waals surface area (Å²) in [5.41, 5.74) is 3.45. The van der Waals surface area contributed by atoms with Crippen molar-refractivity contribution in [2.45, 2.75) is 32.1 Å². The zero-order chi connectivity index (χ0) is 12.3. The third-order valence-corrected chi connectivity index (χ3v) is 2.76. The van der Waals surface area contributed by atoms with E-state index in [2.05, 4.69) is 22.0 Å². The third-order valence-electron chi connectivity index (χ3n) is 2.76. The minimum absolute atomic E-state index is 0.476. The van der Waals surface area contributed by atoms with Crippen LogP contribution in [0, 0.1) is 6.92 Å². The molecule has 1 aliphatic carbocycles. The molecule has 0 radical (unpaired) electrons. The van der Waals surface area contributed by atoms with Gasteiger partial charge in [0.25, 0.3) is 0 Å². The highest BCUT2D eigenvalue weighted by Crippen LogP contribution is 2.39. The van der Waals surface area contributed by atoms with Crippen LogP contribution in [0.3, 0.4) is 0 Å². The Balaban J connectivity index is 2.21. The van der Waals surface area contributed by atoms with Crippen molar-refractivity contribution in [3.63, 3.8) is 0 Å². The smallest absolute Gasteiger partial charge is 0.221 e. The van der Waals surface area contributed by atoms with Crippen molar-refractivity contribution >= 4 is 5.82 Å². The summed E-state index contributed by atoms with van der Waals surface area (Å²) in [7, 11) is 0. The van der Waals surface area contributed by atoms with Gasteiger partial charge in [0.1, 0.15) is 11.6 Å². The van der Waals surface area contributed by atoms with Gasteiger partial charge in [-0.3, -0.25) is 0 Å². The van der Waals surface area contributed by atoms with Crippen LogP contribution in [0.4, 0.5) is 5.82 Å². The van der Waals surface area contributed by atoms with E-state index in [1.165, 1.54) is 0 Å². The molecule has 1 saturated carbocycles. The van der Waals surface area contributed by atoms with Crippen molar-refractivity contribution in [3.8, 4) is 5.88 Å². The number of nitrogens with two attached hydrogens (primary N) is 1. The quantitative estimate of drug-likeness (QED) is 0.340. The molecule has 0 bridgehead atoms. The molecule has 3 N–H and O–H groups in total. The Morgan fingerprint density at radius 2 is 2.29 bits per heavy atom. The van der Waals surface area contributed by atoms with Crippen LogP contribution in [0.2, 0.25) is 0 Å². The van der Waals surface area contributed by atoms with Gasteiger partial charge in [-0.2, -0.15) is 4.98 Å². The van der Waals surface area contributed by atoms with Crippen LogP contribution in [-0.4, -0.2) is 16.6 Å². The minimum atomic E-state index is 0.476. The van der Waals surface area contributed by atoms with Crippen LogP contribution in [0.1, 0.15) is 36.6 Å². The fourth-order valence-corrected chi connectivity index (χ4v) is 1.56. The van der Waals surface area contributed by atoms with Gasteiger partial charge in [0.05, 0.1) is 12.2 Å². The van der Waals surface area contributed by atoms with Gasteiger partial charge in [-0.1, -0.05) is 6.08 Å². The molecule has 17 heavy (non-hydrogen) atoms. The molecule has 2 rings (SSSR count). The highest BCUT2D eigenvalue weighted by atomic mass is 16.5. The lowest BCUT2D eigenvalue weighted by Gasteiger charge is -2.12. The van der Waals surface area contributed by atoms with Gasteiger partial charge in [0, 0.05) is 5.92 Å². The molecule has 92 valence electrons. The van der Waals surface area contributed by atoms with Crippen LogP contribution in [0.5, 0.6) is 5.88 Å². The van der Waals surface area contributed by atoms with Crippen molar-refractivity contribution in [1.29, 1.82) is 0 Å². The topological polar surface area (TPSA) is 73.1 Å². The van der Waals surface area contributed by atoms with Crippen molar-refractivity contribution in [1.82, 2.24) is 9.97 Å². The predicted molar refractivity (Wildman–Crippen MR) is 66.9 cm³/mol. The molecule has 5 heteroatoms. The number of nitrogen functional groups attached to an aromatic ring is 1. The van der Waals surface area contributed by atoms with E-state index >= 15 is 0 Å². The van der Waals surface area contributed by atoms with E-state index in [0.29, 0.717) is 24.2 Å². The average molecular weight is 234 g/mol. The first-order valence-electron chi connectivity index (χ1n) is 5.85. The molecule has 5 nitrogen and oxygen atoms in total. The summed E-state index contributed by atoms with van der Waals surface area (Å²) in [5, 5.41) is 0. The largest absolute Gasteiger partial charge is 0.477 e. The average Bonchev–Trinajstić information content (AvgIpc) is 3.15. The number of rotatable bonds is 6. The van der Waals surface area contributed by atoms with Crippen LogP contribution >= 0.6 is 0 Å². The maximum absolute atomic E-state index is 5.62. The molecule has 0 atom stereocenters. The van der Waals surface area contributed by atoms with Crippen LogP contribution < -0.4 is 16.0 Å². The van der Waals surface area contributed by atoms with Gasteiger partial charge in [-0.25, -0.2) is 10.8 Å². The molecule has 1 aromatic rings. The highest BCUT2D eigenvalue weighted by molar-refractivity contribution is 5.48. The van der Waals surface area contributed by atoms with Crippen molar-refractivity contribution in [2.24, 2.45) is 5.84 Å². The lowest BCUT2D eigenvalue weighted by Crippen LogP contribution is -2.13. The van der Waals surface area contributed by atoms with Gasteiger partial charge >= 0.3 is 0 Å². The van der Waals surface area contributed by atoms with Gasteiger partial charge in [-0.15, -0.1) is 6.58 Å². The summed E-state index contributed by atoms with van der Waals surface area (Å²) in [5.74, 6) is 8.03. The number of hydrogen-bond donors (Lipinski definition) is 2. The molecular weight excluding hydrogens is 216 g/mol. The number of nitrogens with zero attached hydrogens (tertiary/aromatic N) is 2. The predicted octanol–water partition coefficient (Wildman–Crippen LogP) is 1.90. The van der Waals surface area contributed by atoms with E-state index in [1.807, 2.05) is 13.0 Å². The van der Waals surface area contributed by atoms with Gasteiger partial charge in [0.2, 0.25) is 5.88 Å². The number of anilines is 1. The number of hydrazine groups is 1. The molecule has 0 aromatic carbocycles. The molecule has 0 unspecified atom stereocenters. The lowest BCUT2D eigenvalue weighted by molar-refractivity contribution is 0.308. The second-order valence-electron chi connectivity index (χ2n) is 4.20. The Kier molecular flexibility index (Phi) is 3.58. The fraction of sp³-hybridized carbons (Fsp3) is 0.500. The number of aromatic nitrogens is 2. The lowest BCUT2D eigenvalue weighted by atomic mass is 10.3. The summed E-state index contributed by atoms with van der Waals surface area (Å²) in [6.07, 6.45) is 4.92. The summed E-state index contributed by atoms with van der Waals surface area (Å²) in [4.78, 5) is 8.85. The Labute approximate surface area is 101 Å². The third kappa shape index (κ3) is 2.74. The molecule has 1 aromatic heterocycles. The fourth-order valence-electron chi connectivity index (χ4n) is 1.56. The van der Waals surface area contributed by atoms with Crippen molar-refractivity contribution in [2.75, 3.05) is 12.0 Å². The zero-order valence-corrected chi connectivity index (χ0v) is 10.1. The molecule has 0 spiro atoms. The molecule has 1 heterocycles. The maximum Gasteiger partial charge on any atom is 0.221 e. The molecular formula is C12H18N4O. The van der Waals surface area contributed by atoms with E-state index in [-0.39, 0.29) is 0 Å². The Bertz CT molecular complexity index is 415. The van der Waals surface area contributed by atoms with Crippen LogP contribution in [0.25, 0.3) is 0 Å². The van der Waals surface area contributed by atoms with Gasteiger partial charge < -0.3 is 10.2 Å². The van der Waals surface area contributed by atoms with Crippen molar-refractivity contribution < 1.29 is 4.74 Å². The summed E-state index contributed by atoms with van der Waals surface area (Å²) in [6, 6.07) is 0. The standard InChI is InChI=1S/C12H18N4O/c1-3-4-7-17-12-8(2)10(16-13)14-11(15-12)9-5-6-9/h3,9H,1,4-7,13H2,2H3,(H,14,15,16). The second-order valence-corrected chi connectivity index (χ2v) is 4.20. The molecule has 0 saturated heterocycles. The Morgan fingerprint density at radius 1 is 1.53 bits per heavy atom. The summed E-state index contributed by atoms with van der Waals surface area (Å²) in [6.45, 7) is 6.14. The van der Waals surface area contributed by atoms with Crippen LogP contribution in [0.15, 0.2) is 12.7 Å². The Morgan fingerprint density at radius 3 is 2.88 bits per heavy atom. The van der Waals surface area contributed by atoms with Gasteiger partial charge in [0.15, 0.2) is 0 Å². The van der Waals surface area contributed by atoms with Crippen LogP contribution in [-0.2, 0) is 0 Å². The van der Waals surface area contributed by atoms with E-state index < -0.39 is 0 Å². The molecule has 0 amide bonds. The van der Waals surface area contributed by atoms with E-state index in [0.717, 1.165) is 30.7 Å². The maximum atomic E-state index is 5.62. The zero-order valence-electron chi connectivity index (χ0n) is 10.1. The normalized spacial score (nSPS) is 14.5. The molecule has 1 fully saturated rings. The van der Waals surface area contributed by atoms with E-state index in [9.17, 15) is 0 Å². The summed E-state index contributed by atoms with van der Waals surface area (Å²) < 4.78 is 5.62. The summed E-state index contributed by atoms with van der Waals surface area (Å²) >= 11 is 0. The number of ether oxygens (including phenoxy) is 1. The number of hydrogen-bond acceptors (Lipinski definition) is 5. The van der Waals surface area contributed by atoms with E-state index in [1.54, 1.807) is 0 Å².